The third-order valence-corrected chi connectivity index (χ3v) is 3.50. The van der Waals surface area contributed by atoms with Gasteiger partial charge in [0.2, 0.25) is 5.95 Å². The summed E-state index contributed by atoms with van der Waals surface area (Å²) in [5, 5.41) is 2.90. The van der Waals surface area contributed by atoms with Gasteiger partial charge in [-0.2, -0.15) is 4.98 Å². The van der Waals surface area contributed by atoms with Gasteiger partial charge in [0, 0.05) is 31.0 Å². The van der Waals surface area contributed by atoms with Crippen molar-refractivity contribution in [2.45, 2.75) is 19.3 Å². The van der Waals surface area contributed by atoms with Crippen molar-refractivity contribution in [2.75, 3.05) is 23.3 Å². The fraction of sp³-hybridized carbons (Fsp3) is 0.333. The van der Waals surface area contributed by atoms with Crippen molar-refractivity contribution in [3.63, 3.8) is 0 Å². The molecule has 1 aromatic heterocycles. The molecule has 0 spiro atoms. The summed E-state index contributed by atoms with van der Waals surface area (Å²) in [5.41, 5.74) is 0.421. The Labute approximate surface area is 121 Å². The minimum atomic E-state index is -0.896. The smallest absolute Gasteiger partial charge is 0.229 e. The minimum absolute atomic E-state index is 0.379. The highest BCUT2D eigenvalue weighted by Crippen LogP contribution is 2.20. The molecule has 2 heterocycles. The molecule has 1 aromatic carbocycles. The van der Waals surface area contributed by atoms with Crippen molar-refractivity contribution >= 4 is 17.5 Å². The molecule has 0 bridgehead atoms. The Bertz CT molecular complexity index is 627. The Morgan fingerprint density at radius 3 is 2.57 bits per heavy atom. The summed E-state index contributed by atoms with van der Waals surface area (Å²) in [7, 11) is 0. The Morgan fingerprint density at radius 2 is 1.81 bits per heavy atom. The maximum Gasteiger partial charge on any atom is 0.229 e. The fourth-order valence-electron chi connectivity index (χ4n) is 2.41. The first kappa shape index (κ1) is 13.7. The number of nitrogens with zero attached hydrogens (tertiary/aromatic N) is 3. The number of rotatable bonds is 3. The van der Waals surface area contributed by atoms with E-state index in [0.29, 0.717) is 11.6 Å². The number of piperidine rings is 1. The van der Waals surface area contributed by atoms with E-state index in [1.807, 2.05) is 6.07 Å². The molecule has 6 heteroatoms. The van der Waals surface area contributed by atoms with Gasteiger partial charge in [0.05, 0.1) is 0 Å². The van der Waals surface area contributed by atoms with Gasteiger partial charge in [-0.1, -0.05) is 0 Å². The van der Waals surface area contributed by atoms with E-state index in [2.05, 4.69) is 20.2 Å². The molecule has 0 aliphatic carbocycles. The van der Waals surface area contributed by atoms with Crippen LogP contribution in [0.25, 0.3) is 0 Å². The second kappa shape index (κ2) is 6.03. The zero-order valence-electron chi connectivity index (χ0n) is 11.5. The lowest BCUT2D eigenvalue weighted by Gasteiger charge is -2.27. The summed E-state index contributed by atoms with van der Waals surface area (Å²) >= 11 is 0. The molecule has 2 aromatic rings. The predicted molar refractivity (Wildman–Crippen MR) is 77.7 cm³/mol. The van der Waals surface area contributed by atoms with Gasteiger partial charge in [0.15, 0.2) is 11.6 Å². The van der Waals surface area contributed by atoms with Gasteiger partial charge >= 0.3 is 0 Å². The molecule has 1 aliphatic rings. The van der Waals surface area contributed by atoms with Crippen molar-refractivity contribution in [3.05, 3.63) is 42.1 Å². The van der Waals surface area contributed by atoms with E-state index in [1.165, 1.54) is 12.5 Å². The maximum atomic E-state index is 13.2. The highest BCUT2D eigenvalue weighted by atomic mass is 19.2. The first-order valence-electron chi connectivity index (χ1n) is 7.02. The van der Waals surface area contributed by atoms with E-state index in [9.17, 15) is 8.78 Å². The van der Waals surface area contributed by atoms with Crippen LogP contribution in [0.3, 0.4) is 0 Å². The van der Waals surface area contributed by atoms with Crippen LogP contribution in [-0.4, -0.2) is 23.1 Å². The van der Waals surface area contributed by atoms with Gasteiger partial charge in [-0.05, 0) is 37.5 Å². The predicted octanol–water partition coefficient (Wildman–Crippen LogP) is 3.49. The number of hydrogen-bond acceptors (Lipinski definition) is 4. The number of aromatic nitrogens is 2. The van der Waals surface area contributed by atoms with Crippen LogP contribution in [-0.2, 0) is 0 Å². The van der Waals surface area contributed by atoms with Crippen LogP contribution in [0.5, 0.6) is 0 Å². The van der Waals surface area contributed by atoms with Crippen LogP contribution in [0.4, 0.5) is 26.2 Å². The second-order valence-electron chi connectivity index (χ2n) is 5.04. The van der Waals surface area contributed by atoms with Crippen LogP contribution >= 0.6 is 0 Å². The molecular formula is C15H16F2N4. The lowest BCUT2D eigenvalue weighted by molar-refractivity contribution is 0.509. The van der Waals surface area contributed by atoms with E-state index < -0.39 is 11.6 Å². The molecule has 0 atom stereocenters. The summed E-state index contributed by atoms with van der Waals surface area (Å²) in [5.74, 6) is -0.533. The quantitative estimate of drug-likeness (QED) is 0.939. The molecule has 4 nitrogen and oxygen atoms in total. The average Bonchev–Trinajstić information content (AvgIpc) is 2.52. The van der Waals surface area contributed by atoms with Gasteiger partial charge in [0.25, 0.3) is 0 Å². The van der Waals surface area contributed by atoms with Gasteiger partial charge in [-0.15, -0.1) is 0 Å². The zero-order chi connectivity index (χ0) is 14.7. The minimum Gasteiger partial charge on any atom is -0.356 e. The second-order valence-corrected chi connectivity index (χ2v) is 5.04. The van der Waals surface area contributed by atoms with Gasteiger partial charge in [-0.3, -0.25) is 0 Å². The van der Waals surface area contributed by atoms with E-state index >= 15 is 0 Å². The van der Waals surface area contributed by atoms with Crippen molar-refractivity contribution in [2.24, 2.45) is 0 Å². The molecule has 1 fully saturated rings. The van der Waals surface area contributed by atoms with Gasteiger partial charge in [-0.25, -0.2) is 13.8 Å². The number of anilines is 3. The maximum absolute atomic E-state index is 13.2. The summed E-state index contributed by atoms with van der Waals surface area (Å²) in [4.78, 5) is 10.8. The van der Waals surface area contributed by atoms with Crippen molar-refractivity contribution in [3.8, 4) is 0 Å². The van der Waals surface area contributed by atoms with Crippen LogP contribution < -0.4 is 10.2 Å². The molecular weight excluding hydrogens is 274 g/mol. The van der Waals surface area contributed by atoms with E-state index in [0.717, 1.165) is 43.9 Å². The highest BCUT2D eigenvalue weighted by Gasteiger charge is 2.13. The number of nitrogens with one attached hydrogen (secondary N) is 1. The molecule has 0 unspecified atom stereocenters. The summed E-state index contributed by atoms with van der Waals surface area (Å²) in [6, 6.07) is 5.48. The molecule has 1 N–H and O–H groups in total. The molecule has 1 saturated heterocycles. The molecule has 110 valence electrons. The lowest BCUT2D eigenvalue weighted by atomic mass is 10.1. The first-order chi connectivity index (χ1) is 10.2. The lowest BCUT2D eigenvalue weighted by Crippen LogP contribution is -2.30. The standard InChI is InChI=1S/C15H16F2N4/c16-12-5-4-11(10-13(12)17)19-15-18-7-6-14(20-15)21-8-2-1-3-9-21/h4-7,10H,1-3,8-9H2,(H,18,19,20). The van der Waals surface area contributed by atoms with Crippen LogP contribution in [0, 0.1) is 11.6 Å². The molecule has 21 heavy (non-hydrogen) atoms. The molecule has 0 radical (unpaired) electrons. The number of benzene rings is 1. The number of halogens is 2. The van der Waals surface area contributed by atoms with E-state index in [4.69, 9.17) is 0 Å². The zero-order valence-corrected chi connectivity index (χ0v) is 11.5. The third-order valence-electron chi connectivity index (χ3n) is 3.50. The Hall–Kier alpha value is -2.24. The molecule has 0 amide bonds. The largest absolute Gasteiger partial charge is 0.356 e. The van der Waals surface area contributed by atoms with Crippen LogP contribution in [0.15, 0.2) is 30.5 Å². The third kappa shape index (κ3) is 3.26. The normalized spacial score (nSPS) is 15.0. The van der Waals surface area contributed by atoms with Crippen molar-refractivity contribution in [1.29, 1.82) is 0 Å². The van der Waals surface area contributed by atoms with Gasteiger partial charge < -0.3 is 10.2 Å². The Morgan fingerprint density at radius 1 is 1.00 bits per heavy atom. The van der Waals surface area contributed by atoms with Crippen LogP contribution in [0.2, 0.25) is 0 Å². The molecule has 3 rings (SSSR count). The SMILES string of the molecule is Fc1ccc(Nc2nccc(N3CCCCC3)n2)cc1F. The van der Waals surface area contributed by atoms with Crippen molar-refractivity contribution < 1.29 is 8.78 Å². The van der Waals surface area contributed by atoms with Crippen LogP contribution in [0.1, 0.15) is 19.3 Å². The summed E-state index contributed by atoms with van der Waals surface area (Å²) in [6.45, 7) is 1.98. The monoisotopic (exact) mass is 290 g/mol. The topological polar surface area (TPSA) is 41.1 Å². The first-order valence-corrected chi connectivity index (χ1v) is 7.02. The molecule has 1 aliphatic heterocycles. The molecule has 0 saturated carbocycles. The average molecular weight is 290 g/mol. The fourth-order valence-corrected chi connectivity index (χ4v) is 2.41. The van der Waals surface area contributed by atoms with E-state index in [1.54, 1.807) is 6.20 Å². The number of hydrogen-bond donors (Lipinski definition) is 1. The van der Waals surface area contributed by atoms with Crippen molar-refractivity contribution in [1.82, 2.24) is 9.97 Å². The Balaban J connectivity index is 1.77. The summed E-state index contributed by atoms with van der Waals surface area (Å²) in [6.07, 6.45) is 5.24. The van der Waals surface area contributed by atoms with E-state index in [-0.39, 0.29) is 0 Å². The Kier molecular flexibility index (Phi) is 3.94. The highest BCUT2D eigenvalue weighted by molar-refractivity contribution is 5.55. The van der Waals surface area contributed by atoms with Gasteiger partial charge in [0.1, 0.15) is 5.82 Å². The summed E-state index contributed by atoms with van der Waals surface area (Å²) < 4.78 is 26.1.